The average molecular weight is 463 g/mol. The van der Waals surface area contributed by atoms with Gasteiger partial charge in [0.2, 0.25) is 12.7 Å². The lowest BCUT2D eigenvalue weighted by Gasteiger charge is -2.11. The van der Waals surface area contributed by atoms with Gasteiger partial charge in [-0.15, -0.1) is 10.2 Å². The Hall–Kier alpha value is -3.85. The molecule has 0 saturated carbocycles. The van der Waals surface area contributed by atoms with Crippen LogP contribution in [0.3, 0.4) is 0 Å². The number of para-hydroxylation sites is 1. The van der Waals surface area contributed by atoms with Crippen molar-refractivity contribution >= 4 is 23.4 Å². The number of anilines is 1. The van der Waals surface area contributed by atoms with E-state index >= 15 is 0 Å². The van der Waals surface area contributed by atoms with Crippen LogP contribution in [0.4, 0.5) is 10.1 Å². The van der Waals surface area contributed by atoms with Crippen LogP contribution in [0, 0.1) is 12.7 Å². The SMILES string of the molecule is Cc1ccc(NC(=O)CSc2nnc(-c3ccc4c(c3)OCO4)n2-c2ccccc2)cc1F. The standard InChI is InChI=1S/C24H19FN4O3S/c1-15-7-9-17(12-19(15)25)26-22(30)13-33-24-28-27-23(29(24)18-5-3-2-4-6-18)16-8-10-20-21(11-16)32-14-31-20/h2-12H,13-14H2,1H3,(H,26,30). The third-order valence-electron chi connectivity index (χ3n) is 5.07. The molecule has 0 aliphatic carbocycles. The summed E-state index contributed by atoms with van der Waals surface area (Å²) < 4.78 is 26.6. The molecule has 1 aliphatic heterocycles. The minimum atomic E-state index is -0.363. The molecule has 1 amide bonds. The van der Waals surface area contributed by atoms with Crippen LogP contribution in [-0.2, 0) is 4.79 Å². The van der Waals surface area contributed by atoms with Gasteiger partial charge in [0.15, 0.2) is 22.5 Å². The van der Waals surface area contributed by atoms with E-state index in [-0.39, 0.29) is 24.3 Å². The number of amides is 1. The van der Waals surface area contributed by atoms with Crippen molar-refractivity contribution in [2.75, 3.05) is 17.9 Å². The van der Waals surface area contributed by atoms with Crippen molar-refractivity contribution < 1.29 is 18.7 Å². The molecule has 0 radical (unpaired) electrons. The number of aryl methyl sites for hydroxylation is 1. The van der Waals surface area contributed by atoms with Gasteiger partial charge in [-0.2, -0.15) is 0 Å². The second kappa shape index (κ2) is 8.95. The summed E-state index contributed by atoms with van der Waals surface area (Å²) in [6.07, 6.45) is 0. The molecule has 9 heteroatoms. The van der Waals surface area contributed by atoms with Gasteiger partial charge in [0.1, 0.15) is 5.82 Å². The summed E-state index contributed by atoms with van der Waals surface area (Å²) in [5.41, 5.74) is 2.60. The zero-order valence-corrected chi connectivity index (χ0v) is 18.4. The van der Waals surface area contributed by atoms with Crippen molar-refractivity contribution in [3.05, 3.63) is 78.1 Å². The molecule has 0 unspecified atom stereocenters. The first-order chi connectivity index (χ1) is 16.1. The number of benzene rings is 3. The van der Waals surface area contributed by atoms with E-state index in [4.69, 9.17) is 9.47 Å². The Labute approximate surface area is 193 Å². The maximum Gasteiger partial charge on any atom is 0.234 e. The van der Waals surface area contributed by atoms with Crippen LogP contribution in [0.25, 0.3) is 17.1 Å². The van der Waals surface area contributed by atoms with Gasteiger partial charge in [-0.25, -0.2) is 4.39 Å². The first-order valence-corrected chi connectivity index (χ1v) is 11.2. The van der Waals surface area contributed by atoms with Crippen molar-refractivity contribution in [3.8, 4) is 28.6 Å². The number of rotatable bonds is 6. The molecule has 5 rings (SSSR count). The molecule has 1 aromatic heterocycles. The maximum atomic E-state index is 13.8. The fraction of sp³-hybridized carbons (Fsp3) is 0.125. The van der Waals surface area contributed by atoms with Gasteiger partial charge in [0, 0.05) is 16.9 Å². The Morgan fingerprint density at radius 1 is 1.06 bits per heavy atom. The summed E-state index contributed by atoms with van der Waals surface area (Å²) in [7, 11) is 0. The average Bonchev–Trinajstić information content (AvgIpc) is 3.47. The number of fused-ring (bicyclic) bond motifs is 1. The van der Waals surface area contributed by atoms with Gasteiger partial charge in [-0.1, -0.05) is 36.0 Å². The number of thioether (sulfide) groups is 1. The van der Waals surface area contributed by atoms with E-state index < -0.39 is 0 Å². The number of nitrogens with zero attached hydrogens (tertiary/aromatic N) is 3. The van der Waals surface area contributed by atoms with Gasteiger partial charge in [-0.3, -0.25) is 9.36 Å². The van der Waals surface area contributed by atoms with Gasteiger partial charge in [0.05, 0.1) is 5.75 Å². The molecular formula is C24H19FN4O3S. The molecule has 0 atom stereocenters. The van der Waals surface area contributed by atoms with Crippen molar-refractivity contribution in [1.29, 1.82) is 0 Å². The Bertz CT molecular complexity index is 1330. The number of carbonyl (C=O) groups excluding carboxylic acids is 1. The van der Waals surface area contributed by atoms with Crippen LogP contribution in [0.2, 0.25) is 0 Å². The van der Waals surface area contributed by atoms with Gasteiger partial charge in [-0.05, 0) is 55.0 Å². The van der Waals surface area contributed by atoms with E-state index in [1.54, 1.807) is 19.1 Å². The number of ether oxygens (including phenoxy) is 2. The van der Waals surface area contributed by atoms with Gasteiger partial charge < -0.3 is 14.8 Å². The minimum Gasteiger partial charge on any atom is -0.454 e. The molecule has 0 spiro atoms. The summed E-state index contributed by atoms with van der Waals surface area (Å²) in [6, 6.07) is 19.9. The Kier molecular flexibility index (Phi) is 5.70. The Morgan fingerprint density at radius 3 is 2.70 bits per heavy atom. The monoisotopic (exact) mass is 462 g/mol. The molecule has 166 valence electrons. The molecule has 0 bridgehead atoms. The number of hydrogen-bond donors (Lipinski definition) is 1. The molecule has 7 nitrogen and oxygen atoms in total. The van der Waals surface area contributed by atoms with E-state index in [1.165, 1.54) is 17.8 Å². The van der Waals surface area contributed by atoms with E-state index in [9.17, 15) is 9.18 Å². The molecule has 0 saturated heterocycles. The van der Waals surface area contributed by atoms with E-state index in [1.807, 2.05) is 53.1 Å². The smallest absolute Gasteiger partial charge is 0.234 e. The molecule has 3 aromatic carbocycles. The van der Waals surface area contributed by atoms with E-state index in [0.29, 0.717) is 33.7 Å². The minimum absolute atomic E-state index is 0.0849. The number of carbonyl (C=O) groups is 1. The fourth-order valence-corrected chi connectivity index (χ4v) is 4.15. The zero-order chi connectivity index (χ0) is 22.8. The highest BCUT2D eigenvalue weighted by atomic mass is 32.2. The lowest BCUT2D eigenvalue weighted by atomic mass is 10.2. The maximum absolute atomic E-state index is 13.8. The predicted octanol–water partition coefficient (Wildman–Crippen LogP) is 4.84. The van der Waals surface area contributed by atoms with Crippen LogP contribution >= 0.6 is 11.8 Å². The lowest BCUT2D eigenvalue weighted by Crippen LogP contribution is -2.14. The molecule has 0 fully saturated rings. The first kappa shape index (κ1) is 21.0. The van der Waals surface area contributed by atoms with Crippen molar-refractivity contribution in [1.82, 2.24) is 14.8 Å². The predicted molar refractivity (Wildman–Crippen MR) is 123 cm³/mol. The quantitative estimate of drug-likeness (QED) is 0.413. The van der Waals surface area contributed by atoms with Crippen LogP contribution < -0.4 is 14.8 Å². The number of halogens is 1. The van der Waals surface area contributed by atoms with E-state index in [0.717, 1.165) is 11.3 Å². The summed E-state index contributed by atoms with van der Waals surface area (Å²) in [6.45, 7) is 1.86. The molecule has 2 heterocycles. The van der Waals surface area contributed by atoms with Crippen LogP contribution in [0.1, 0.15) is 5.56 Å². The number of hydrogen-bond acceptors (Lipinski definition) is 6. The summed E-state index contributed by atoms with van der Waals surface area (Å²) in [5.74, 6) is 1.40. The van der Waals surface area contributed by atoms with Crippen LogP contribution in [0.5, 0.6) is 11.5 Å². The van der Waals surface area contributed by atoms with Gasteiger partial charge in [0.25, 0.3) is 0 Å². The van der Waals surface area contributed by atoms with Crippen molar-refractivity contribution in [2.45, 2.75) is 12.1 Å². The van der Waals surface area contributed by atoms with Crippen molar-refractivity contribution in [3.63, 3.8) is 0 Å². The highest BCUT2D eigenvalue weighted by Gasteiger charge is 2.20. The first-order valence-electron chi connectivity index (χ1n) is 10.2. The van der Waals surface area contributed by atoms with Crippen molar-refractivity contribution in [2.24, 2.45) is 0 Å². The number of aromatic nitrogens is 3. The largest absolute Gasteiger partial charge is 0.454 e. The Balaban J connectivity index is 1.40. The topological polar surface area (TPSA) is 78.3 Å². The molecule has 33 heavy (non-hydrogen) atoms. The highest BCUT2D eigenvalue weighted by Crippen LogP contribution is 2.37. The molecule has 4 aromatic rings. The van der Waals surface area contributed by atoms with Gasteiger partial charge >= 0.3 is 0 Å². The summed E-state index contributed by atoms with van der Waals surface area (Å²) >= 11 is 1.25. The number of nitrogens with one attached hydrogen (secondary N) is 1. The fourth-order valence-electron chi connectivity index (χ4n) is 3.39. The molecule has 1 aliphatic rings. The second-order valence-corrected chi connectivity index (χ2v) is 8.29. The third kappa shape index (κ3) is 4.40. The highest BCUT2D eigenvalue weighted by molar-refractivity contribution is 7.99. The molecular weight excluding hydrogens is 443 g/mol. The summed E-state index contributed by atoms with van der Waals surface area (Å²) in [5, 5.41) is 12.0. The van der Waals surface area contributed by atoms with Crippen LogP contribution in [-0.4, -0.2) is 33.2 Å². The normalized spacial score (nSPS) is 12.1. The molecule has 1 N–H and O–H groups in total. The summed E-state index contributed by atoms with van der Waals surface area (Å²) in [4.78, 5) is 12.5. The Morgan fingerprint density at radius 2 is 1.88 bits per heavy atom. The third-order valence-corrected chi connectivity index (χ3v) is 6.00. The lowest BCUT2D eigenvalue weighted by molar-refractivity contribution is -0.113. The van der Waals surface area contributed by atoms with Crippen LogP contribution in [0.15, 0.2) is 71.9 Å². The van der Waals surface area contributed by atoms with E-state index in [2.05, 4.69) is 15.5 Å². The second-order valence-electron chi connectivity index (χ2n) is 7.35. The zero-order valence-electron chi connectivity index (χ0n) is 17.6.